The van der Waals surface area contributed by atoms with Crippen LogP contribution in [0.25, 0.3) is 0 Å². The van der Waals surface area contributed by atoms with Crippen molar-refractivity contribution in [1.29, 1.82) is 0 Å². The van der Waals surface area contributed by atoms with E-state index in [0.717, 1.165) is 0 Å². The van der Waals surface area contributed by atoms with E-state index in [0.29, 0.717) is 5.69 Å². The predicted molar refractivity (Wildman–Crippen MR) is 55.8 cm³/mol. The molecular formula is C9H11ClN2O2. The fraction of sp³-hybridized carbons (Fsp3) is 0.222. The van der Waals surface area contributed by atoms with Gasteiger partial charge in [0.05, 0.1) is 5.69 Å². The van der Waals surface area contributed by atoms with Crippen LogP contribution in [0.4, 0.5) is 10.5 Å². The SMILES string of the molecule is CN(C)C(=O)Nc1cccc(O)c1Cl. The molecule has 2 amide bonds. The van der Waals surface area contributed by atoms with E-state index in [1.165, 1.54) is 11.0 Å². The number of phenols is 1. The van der Waals surface area contributed by atoms with Gasteiger partial charge in [-0.05, 0) is 12.1 Å². The van der Waals surface area contributed by atoms with Crippen molar-refractivity contribution in [3.8, 4) is 5.75 Å². The van der Waals surface area contributed by atoms with Gasteiger partial charge in [-0.3, -0.25) is 0 Å². The number of phenolic OH excluding ortho intramolecular Hbond substituents is 1. The van der Waals surface area contributed by atoms with Gasteiger partial charge in [-0.25, -0.2) is 4.79 Å². The van der Waals surface area contributed by atoms with Crippen LogP contribution in [0, 0.1) is 0 Å². The Morgan fingerprint density at radius 3 is 2.71 bits per heavy atom. The molecule has 14 heavy (non-hydrogen) atoms. The van der Waals surface area contributed by atoms with E-state index >= 15 is 0 Å². The highest BCUT2D eigenvalue weighted by Gasteiger charge is 2.09. The maximum absolute atomic E-state index is 11.3. The Kier molecular flexibility index (Phi) is 3.19. The van der Waals surface area contributed by atoms with Crippen LogP contribution in [-0.4, -0.2) is 30.1 Å². The predicted octanol–water partition coefficient (Wildman–Crippen LogP) is 2.14. The summed E-state index contributed by atoms with van der Waals surface area (Å²) < 4.78 is 0. The summed E-state index contributed by atoms with van der Waals surface area (Å²) in [4.78, 5) is 12.6. The molecule has 1 aromatic carbocycles. The summed E-state index contributed by atoms with van der Waals surface area (Å²) >= 11 is 5.76. The molecule has 76 valence electrons. The summed E-state index contributed by atoms with van der Waals surface area (Å²) in [5.41, 5.74) is 0.394. The number of halogens is 1. The van der Waals surface area contributed by atoms with Crippen molar-refractivity contribution in [2.75, 3.05) is 19.4 Å². The monoisotopic (exact) mass is 214 g/mol. The van der Waals surface area contributed by atoms with Crippen molar-refractivity contribution in [3.05, 3.63) is 23.2 Å². The van der Waals surface area contributed by atoms with Gasteiger partial charge in [-0.2, -0.15) is 0 Å². The molecule has 0 aromatic heterocycles. The van der Waals surface area contributed by atoms with Crippen LogP contribution < -0.4 is 5.32 Å². The lowest BCUT2D eigenvalue weighted by molar-refractivity contribution is 0.230. The average molecular weight is 215 g/mol. The van der Waals surface area contributed by atoms with E-state index in [4.69, 9.17) is 11.6 Å². The maximum Gasteiger partial charge on any atom is 0.321 e. The zero-order chi connectivity index (χ0) is 10.7. The Hall–Kier alpha value is -1.42. The molecule has 0 unspecified atom stereocenters. The number of urea groups is 1. The van der Waals surface area contributed by atoms with Crippen LogP contribution in [-0.2, 0) is 0 Å². The van der Waals surface area contributed by atoms with Gasteiger partial charge in [0.2, 0.25) is 0 Å². The van der Waals surface area contributed by atoms with Crippen LogP contribution in [0.2, 0.25) is 5.02 Å². The minimum absolute atomic E-state index is 0.0526. The van der Waals surface area contributed by atoms with Gasteiger partial charge in [0.15, 0.2) is 0 Å². The number of hydrogen-bond acceptors (Lipinski definition) is 2. The number of benzene rings is 1. The molecule has 5 heteroatoms. The van der Waals surface area contributed by atoms with Crippen LogP contribution in [0.1, 0.15) is 0 Å². The Morgan fingerprint density at radius 1 is 1.50 bits per heavy atom. The third-order valence-corrected chi connectivity index (χ3v) is 2.02. The molecule has 0 spiro atoms. The fourth-order valence-corrected chi connectivity index (χ4v) is 1.02. The summed E-state index contributed by atoms with van der Waals surface area (Å²) in [6, 6.07) is 4.38. The standard InChI is InChI=1S/C9H11ClN2O2/c1-12(2)9(14)11-6-4-3-5-7(13)8(6)10/h3-5,13H,1-2H3,(H,11,14). The van der Waals surface area contributed by atoms with E-state index in [9.17, 15) is 9.90 Å². The molecule has 0 heterocycles. The number of carbonyl (C=O) groups is 1. The van der Waals surface area contributed by atoms with Crippen molar-refractivity contribution in [2.24, 2.45) is 0 Å². The van der Waals surface area contributed by atoms with Gasteiger partial charge in [0, 0.05) is 14.1 Å². The zero-order valence-electron chi connectivity index (χ0n) is 7.91. The van der Waals surface area contributed by atoms with Crippen molar-refractivity contribution >= 4 is 23.3 Å². The molecular weight excluding hydrogens is 204 g/mol. The van der Waals surface area contributed by atoms with Crippen LogP contribution in [0.5, 0.6) is 5.75 Å². The lowest BCUT2D eigenvalue weighted by atomic mass is 10.3. The molecule has 0 saturated carbocycles. The average Bonchev–Trinajstić information content (AvgIpc) is 2.12. The van der Waals surface area contributed by atoms with Crippen LogP contribution >= 0.6 is 11.6 Å². The molecule has 0 saturated heterocycles. The third kappa shape index (κ3) is 2.29. The number of rotatable bonds is 1. The maximum atomic E-state index is 11.3. The van der Waals surface area contributed by atoms with Crippen molar-refractivity contribution < 1.29 is 9.90 Å². The molecule has 0 aliphatic carbocycles. The quantitative estimate of drug-likeness (QED) is 0.753. The first-order valence-electron chi connectivity index (χ1n) is 3.98. The largest absolute Gasteiger partial charge is 0.506 e. The molecule has 1 aromatic rings. The highest BCUT2D eigenvalue weighted by Crippen LogP contribution is 2.30. The first-order valence-corrected chi connectivity index (χ1v) is 4.36. The van der Waals surface area contributed by atoms with Crippen LogP contribution in [0.3, 0.4) is 0 Å². The van der Waals surface area contributed by atoms with Gasteiger partial charge in [-0.1, -0.05) is 17.7 Å². The highest BCUT2D eigenvalue weighted by atomic mass is 35.5. The van der Waals surface area contributed by atoms with E-state index in [1.807, 2.05) is 0 Å². The summed E-state index contributed by atoms with van der Waals surface area (Å²) in [6.45, 7) is 0. The molecule has 1 rings (SSSR count). The van der Waals surface area contributed by atoms with Gasteiger partial charge in [0.25, 0.3) is 0 Å². The number of amides is 2. The van der Waals surface area contributed by atoms with Crippen LogP contribution in [0.15, 0.2) is 18.2 Å². The smallest absolute Gasteiger partial charge is 0.321 e. The van der Waals surface area contributed by atoms with E-state index in [-0.39, 0.29) is 16.8 Å². The first-order chi connectivity index (χ1) is 6.52. The van der Waals surface area contributed by atoms with Crippen molar-refractivity contribution in [1.82, 2.24) is 4.90 Å². The number of anilines is 1. The summed E-state index contributed by atoms with van der Waals surface area (Å²) in [5, 5.41) is 11.9. The fourth-order valence-electron chi connectivity index (χ4n) is 0.843. The Morgan fingerprint density at radius 2 is 2.14 bits per heavy atom. The molecule has 0 aliphatic heterocycles. The zero-order valence-corrected chi connectivity index (χ0v) is 8.67. The summed E-state index contributed by atoms with van der Waals surface area (Å²) in [5.74, 6) is -0.0526. The summed E-state index contributed by atoms with van der Waals surface area (Å²) in [6.07, 6.45) is 0. The van der Waals surface area contributed by atoms with Crippen molar-refractivity contribution in [3.63, 3.8) is 0 Å². The number of hydrogen-bond donors (Lipinski definition) is 2. The van der Waals surface area contributed by atoms with Gasteiger partial charge >= 0.3 is 6.03 Å². The molecule has 2 N–H and O–H groups in total. The molecule has 0 radical (unpaired) electrons. The minimum Gasteiger partial charge on any atom is -0.506 e. The first kappa shape index (κ1) is 10.7. The Balaban J connectivity index is 2.87. The molecule has 0 fully saturated rings. The minimum atomic E-state index is -0.294. The Labute approximate surface area is 87.1 Å². The van der Waals surface area contributed by atoms with E-state index in [2.05, 4.69) is 5.32 Å². The molecule has 0 aliphatic rings. The second-order valence-corrected chi connectivity index (χ2v) is 3.34. The normalized spacial score (nSPS) is 9.64. The van der Waals surface area contributed by atoms with Gasteiger partial charge in [-0.15, -0.1) is 0 Å². The number of carbonyl (C=O) groups excluding carboxylic acids is 1. The van der Waals surface area contributed by atoms with E-state index < -0.39 is 0 Å². The van der Waals surface area contributed by atoms with E-state index in [1.54, 1.807) is 26.2 Å². The van der Waals surface area contributed by atoms with Gasteiger partial charge in [0.1, 0.15) is 10.8 Å². The number of aromatic hydroxyl groups is 1. The summed E-state index contributed by atoms with van der Waals surface area (Å²) in [7, 11) is 3.23. The third-order valence-electron chi connectivity index (χ3n) is 1.63. The number of nitrogens with one attached hydrogen (secondary N) is 1. The molecule has 4 nitrogen and oxygen atoms in total. The molecule has 0 bridgehead atoms. The topological polar surface area (TPSA) is 52.6 Å². The molecule has 0 atom stereocenters. The lowest BCUT2D eigenvalue weighted by Gasteiger charge is -2.13. The van der Waals surface area contributed by atoms with Crippen molar-refractivity contribution in [2.45, 2.75) is 0 Å². The highest BCUT2D eigenvalue weighted by molar-refractivity contribution is 6.35. The second-order valence-electron chi connectivity index (χ2n) is 2.96. The Bertz CT molecular complexity index is 353. The number of nitrogens with zero attached hydrogens (tertiary/aromatic N) is 1. The second kappa shape index (κ2) is 4.19. The van der Waals surface area contributed by atoms with Gasteiger partial charge < -0.3 is 15.3 Å². The lowest BCUT2D eigenvalue weighted by Crippen LogP contribution is -2.27.